The Morgan fingerprint density at radius 1 is 1.00 bits per heavy atom. The van der Waals surface area contributed by atoms with Crippen LogP contribution in [0.5, 0.6) is 0 Å². The number of carbonyl (C=O) groups is 2. The van der Waals surface area contributed by atoms with Crippen LogP contribution in [0.15, 0.2) is 0 Å². The van der Waals surface area contributed by atoms with E-state index in [1.165, 1.54) is 12.8 Å². The molecule has 32 heavy (non-hydrogen) atoms. The molecule has 0 radical (unpaired) electrons. The Balaban J connectivity index is 1.17. The molecule has 0 spiro atoms. The van der Waals surface area contributed by atoms with Crippen LogP contribution in [-0.4, -0.2) is 76.5 Å². The monoisotopic (exact) mass is 456 g/mol. The fourth-order valence-corrected chi connectivity index (χ4v) is 8.34. The SMILES string of the molecule is N#CC1CCCN1C(=O)CNC1C2CC3CC1CC(NCC(=O)N1CSCC1C#N)(C3)C2. The molecule has 2 amide bonds. The van der Waals surface area contributed by atoms with Crippen LogP contribution >= 0.6 is 11.8 Å². The first-order chi connectivity index (χ1) is 15.5. The van der Waals surface area contributed by atoms with Gasteiger partial charge in [0.2, 0.25) is 11.8 Å². The van der Waals surface area contributed by atoms with Crippen molar-refractivity contribution in [1.82, 2.24) is 20.4 Å². The van der Waals surface area contributed by atoms with Crippen molar-refractivity contribution in [2.75, 3.05) is 31.3 Å². The van der Waals surface area contributed by atoms with E-state index in [-0.39, 0.29) is 29.4 Å². The summed E-state index contributed by atoms with van der Waals surface area (Å²) in [6.07, 6.45) is 7.31. The van der Waals surface area contributed by atoms with Gasteiger partial charge in [-0.1, -0.05) is 0 Å². The van der Waals surface area contributed by atoms with Gasteiger partial charge in [0.15, 0.2) is 0 Å². The third kappa shape index (κ3) is 4.00. The molecule has 6 rings (SSSR count). The molecular formula is C23H32N6O2S. The van der Waals surface area contributed by atoms with Crippen LogP contribution in [0.3, 0.4) is 0 Å². The second kappa shape index (κ2) is 8.85. The molecule has 4 bridgehead atoms. The highest BCUT2D eigenvalue weighted by molar-refractivity contribution is 7.99. The lowest BCUT2D eigenvalue weighted by Gasteiger charge is -2.60. The van der Waals surface area contributed by atoms with Crippen molar-refractivity contribution >= 4 is 23.6 Å². The molecule has 9 heteroatoms. The fourth-order valence-electron chi connectivity index (χ4n) is 7.24. The summed E-state index contributed by atoms with van der Waals surface area (Å²) < 4.78 is 0. The zero-order valence-electron chi connectivity index (χ0n) is 18.5. The second-order valence-electron chi connectivity index (χ2n) is 10.4. The van der Waals surface area contributed by atoms with Crippen molar-refractivity contribution in [2.24, 2.45) is 17.8 Å². The number of likely N-dealkylation sites (tertiary alicyclic amines) is 1. The summed E-state index contributed by atoms with van der Waals surface area (Å²) in [7, 11) is 0. The number of rotatable bonds is 6. The lowest BCUT2D eigenvalue weighted by atomic mass is 9.51. The molecule has 4 aliphatic carbocycles. The zero-order valence-corrected chi connectivity index (χ0v) is 19.3. The first-order valence-electron chi connectivity index (χ1n) is 12.0. The smallest absolute Gasteiger partial charge is 0.238 e. The van der Waals surface area contributed by atoms with Crippen LogP contribution in [0.2, 0.25) is 0 Å². The summed E-state index contributed by atoms with van der Waals surface area (Å²) in [5, 5.41) is 25.8. The van der Waals surface area contributed by atoms with Gasteiger partial charge < -0.3 is 20.4 Å². The Bertz CT molecular complexity index is 836. The molecule has 0 aromatic carbocycles. The third-order valence-corrected chi connectivity index (χ3v) is 9.46. The molecular weight excluding hydrogens is 424 g/mol. The average Bonchev–Trinajstić information content (AvgIpc) is 3.45. The van der Waals surface area contributed by atoms with Crippen LogP contribution in [0.1, 0.15) is 44.9 Å². The minimum absolute atomic E-state index is 0.0181. The summed E-state index contributed by atoms with van der Waals surface area (Å²) in [6.45, 7) is 1.33. The van der Waals surface area contributed by atoms with Crippen molar-refractivity contribution in [1.29, 1.82) is 10.5 Å². The molecule has 0 aromatic rings. The van der Waals surface area contributed by atoms with Crippen molar-refractivity contribution in [2.45, 2.75) is 68.6 Å². The molecule has 2 heterocycles. The van der Waals surface area contributed by atoms with Crippen molar-refractivity contribution in [3.63, 3.8) is 0 Å². The summed E-state index contributed by atoms with van der Waals surface area (Å²) in [5.41, 5.74) is 0.0181. The maximum atomic E-state index is 12.7. The normalized spacial score (nSPS) is 39.8. The van der Waals surface area contributed by atoms with E-state index in [4.69, 9.17) is 0 Å². The van der Waals surface area contributed by atoms with E-state index >= 15 is 0 Å². The van der Waals surface area contributed by atoms with Crippen molar-refractivity contribution in [3.8, 4) is 12.1 Å². The number of amides is 2. The van der Waals surface area contributed by atoms with E-state index in [1.54, 1.807) is 21.6 Å². The quantitative estimate of drug-likeness (QED) is 0.614. The first-order valence-corrected chi connectivity index (χ1v) is 13.1. The summed E-state index contributed by atoms with van der Waals surface area (Å²) >= 11 is 1.64. The molecule has 172 valence electrons. The van der Waals surface area contributed by atoms with E-state index in [0.717, 1.165) is 32.1 Å². The Kier molecular flexibility index (Phi) is 6.09. The molecule has 0 aromatic heterocycles. The van der Waals surface area contributed by atoms with Gasteiger partial charge in [-0.2, -0.15) is 10.5 Å². The first kappa shape index (κ1) is 22.0. The van der Waals surface area contributed by atoms with E-state index in [1.807, 2.05) is 0 Å². The Hall–Kier alpha value is -1.81. The van der Waals surface area contributed by atoms with Crippen LogP contribution in [0.25, 0.3) is 0 Å². The maximum Gasteiger partial charge on any atom is 0.238 e. The van der Waals surface area contributed by atoms with Gasteiger partial charge in [0.1, 0.15) is 12.1 Å². The standard InChI is InChI=1S/C23H32N6O2S/c24-9-18-2-1-3-28(18)20(30)11-26-22-16-4-15-5-17(22)8-23(6-15,7-16)27-12-21(31)29-14-32-13-19(29)10-25/h15-19,22,26-27H,1-8,11-14H2. The van der Waals surface area contributed by atoms with Crippen LogP contribution in [0, 0.1) is 40.4 Å². The maximum absolute atomic E-state index is 12.7. The van der Waals surface area contributed by atoms with E-state index < -0.39 is 0 Å². The molecule has 4 atom stereocenters. The molecule has 6 fully saturated rings. The molecule has 2 N–H and O–H groups in total. The Morgan fingerprint density at radius 2 is 1.72 bits per heavy atom. The minimum atomic E-state index is -0.298. The minimum Gasteiger partial charge on any atom is -0.326 e. The van der Waals surface area contributed by atoms with E-state index in [2.05, 4.69) is 22.8 Å². The Morgan fingerprint density at radius 3 is 2.44 bits per heavy atom. The fraction of sp³-hybridized carbons (Fsp3) is 0.826. The Labute approximate surface area is 194 Å². The molecule has 2 saturated heterocycles. The third-order valence-electron chi connectivity index (χ3n) is 8.45. The second-order valence-corrected chi connectivity index (χ2v) is 11.4. The lowest BCUT2D eigenvalue weighted by molar-refractivity contribution is -0.133. The number of carbonyl (C=O) groups excluding carboxylic acids is 2. The highest BCUT2D eigenvalue weighted by Gasteiger charge is 2.55. The zero-order chi connectivity index (χ0) is 22.3. The van der Waals surface area contributed by atoms with E-state index in [9.17, 15) is 20.1 Å². The highest BCUT2D eigenvalue weighted by Crippen LogP contribution is 2.55. The molecule has 6 aliphatic rings. The number of hydrogen-bond acceptors (Lipinski definition) is 7. The molecule has 8 nitrogen and oxygen atoms in total. The van der Waals surface area contributed by atoms with Gasteiger partial charge in [-0.15, -0.1) is 11.8 Å². The van der Waals surface area contributed by atoms with Crippen molar-refractivity contribution < 1.29 is 9.59 Å². The number of nitrogens with zero attached hydrogens (tertiary/aromatic N) is 4. The number of thioether (sulfide) groups is 1. The topological polar surface area (TPSA) is 112 Å². The molecule has 4 unspecified atom stereocenters. The van der Waals surface area contributed by atoms with Crippen LogP contribution in [0.4, 0.5) is 0 Å². The predicted molar refractivity (Wildman–Crippen MR) is 120 cm³/mol. The largest absolute Gasteiger partial charge is 0.326 e. The van der Waals surface area contributed by atoms with Gasteiger partial charge in [0.25, 0.3) is 0 Å². The van der Waals surface area contributed by atoms with Gasteiger partial charge >= 0.3 is 0 Å². The summed E-state index contributed by atoms with van der Waals surface area (Å²) in [5.74, 6) is 3.15. The van der Waals surface area contributed by atoms with E-state index in [0.29, 0.717) is 55.1 Å². The summed E-state index contributed by atoms with van der Waals surface area (Å²) in [4.78, 5) is 28.9. The van der Waals surface area contributed by atoms with Gasteiger partial charge in [0, 0.05) is 23.9 Å². The number of nitrogens with one attached hydrogen (secondary N) is 2. The van der Waals surface area contributed by atoms with Gasteiger partial charge in [-0.3, -0.25) is 9.59 Å². The van der Waals surface area contributed by atoms with Crippen LogP contribution < -0.4 is 10.6 Å². The molecule has 4 saturated carbocycles. The highest BCUT2D eigenvalue weighted by atomic mass is 32.2. The van der Waals surface area contributed by atoms with Gasteiger partial charge in [-0.05, 0) is 62.7 Å². The molecule has 2 aliphatic heterocycles. The predicted octanol–water partition coefficient (Wildman–Crippen LogP) is 1.05. The number of hydrogen-bond donors (Lipinski definition) is 2. The van der Waals surface area contributed by atoms with Gasteiger partial charge in [0.05, 0.1) is 31.1 Å². The van der Waals surface area contributed by atoms with Crippen molar-refractivity contribution in [3.05, 3.63) is 0 Å². The number of nitriles is 2. The summed E-state index contributed by atoms with van der Waals surface area (Å²) in [6, 6.07) is 4.29. The average molecular weight is 457 g/mol. The van der Waals surface area contributed by atoms with Crippen LogP contribution in [-0.2, 0) is 9.59 Å². The lowest BCUT2D eigenvalue weighted by Crippen LogP contribution is -2.66. The van der Waals surface area contributed by atoms with Gasteiger partial charge in [-0.25, -0.2) is 0 Å².